The molecule has 1 heterocycles. The van der Waals surface area contributed by atoms with Crippen LogP contribution in [0.1, 0.15) is 26.6 Å². The predicted octanol–water partition coefficient (Wildman–Crippen LogP) is 1.39. The summed E-state index contributed by atoms with van der Waals surface area (Å²) in [7, 11) is -1.81. The van der Waals surface area contributed by atoms with Crippen molar-refractivity contribution >= 4 is 14.2 Å². The molecule has 0 fully saturated rings. The number of aromatic nitrogens is 2. The first-order valence-electron chi connectivity index (χ1n) is 6.31. The molecule has 0 unspecified atom stereocenters. The number of hydrazine groups is 1. The zero-order valence-corrected chi connectivity index (χ0v) is 13.4. The van der Waals surface area contributed by atoms with Gasteiger partial charge in [0.15, 0.2) is 8.32 Å². The first-order valence-corrected chi connectivity index (χ1v) is 9.21. The lowest BCUT2D eigenvalue weighted by atomic mass is 10.2. The van der Waals surface area contributed by atoms with Crippen molar-refractivity contribution < 1.29 is 9.22 Å². The third-order valence-corrected chi connectivity index (χ3v) is 8.12. The minimum Gasteiger partial charge on any atom is -0.409 e. The Hall–Kier alpha value is -1.18. The number of carbonyl (C=O) groups is 1. The zero-order chi connectivity index (χ0) is 14.7. The van der Waals surface area contributed by atoms with Crippen LogP contribution >= 0.6 is 0 Å². The highest BCUT2D eigenvalue weighted by Gasteiger charge is 2.37. The maximum absolute atomic E-state index is 11.3. The van der Waals surface area contributed by atoms with Crippen molar-refractivity contribution in [1.82, 2.24) is 15.0 Å². The molecule has 0 radical (unpaired) electrons. The van der Waals surface area contributed by atoms with E-state index in [1.807, 2.05) is 0 Å². The number of nitrogens with two attached hydrogens (primary N) is 1. The van der Waals surface area contributed by atoms with Crippen LogP contribution in [0.5, 0.6) is 0 Å². The maximum Gasteiger partial charge on any atom is 0.253 e. The van der Waals surface area contributed by atoms with E-state index in [2.05, 4.69) is 44.3 Å². The molecule has 19 heavy (non-hydrogen) atoms. The quantitative estimate of drug-likeness (QED) is 0.370. The second-order valence-corrected chi connectivity index (χ2v) is 10.9. The number of rotatable bonds is 5. The Labute approximate surface area is 115 Å². The van der Waals surface area contributed by atoms with Crippen LogP contribution in [0.25, 0.3) is 0 Å². The van der Waals surface area contributed by atoms with Gasteiger partial charge in [0.2, 0.25) is 0 Å². The van der Waals surface area contributed by atoms with Crippen LogP contribution in [-0.2, 0) is 22.4 Å². The number of hydrogen-bond acceptors (Lipinski definition) is 4. The lowest BCUT2D eigenvalue weighted by Gasteiger charge is -2.36. The maximum atomic E-state index is 11.3. The standard InChI is InChI=1S/C12H24N4O2Si/c1-12(2,3)19(4,5)18-9-10-14-6-7-16(10)8-11(17)15-13/h6-7H,8-9,13H2,1-5H3,(H,15,17). The van der Waals surface area contributed by atoms with Gasteiger partial charge in [0.05, 0.1) is 6.61 Å². The number of nitrogens with one attached hydrogen (secondary N) is 1. The molecule has 0 aliphatic carbocycles. The van der Waals surface area contributed by atoms with E-state index in [0.29, 0.717) is 6.61 Å². The molecule has 0 saturated carbocycles. The minimum atomic E-state index is -1.81. The topological polar surface area (TPSA) is 82.2 Å². The fraction of sp³-hybridized carbons (Fsp3) is 0.667. The predicted molar refractivity (Wildman–Crippen MR) is 76.5 cm³/mol. The number of imidazole rings is 1. The van der Waals surface area contributed by atoms with Crippen molar-refractivity contribution in [1.29, 1.82) is 0 Å². The molecule has 108 valence electrons. The lowest BCUT2D eigenvalue weighted by Crippen LogP contribution is -2.41. The van der Waals surface area contributed by atoms with Crippen LogP contribution in [0.3, 0.4) is 0 Å². The Morgan fingerprint density at radius 3 is 2.68 bits per heavy atom. The Morgan fingerprint density at radius 1 is 1.53 bits per heavy atom. The van der Waals surface area contributed by atoms with Crippen LogP contribution in [0.15, 0.2) is 12.4 Å². The molecular formula is C12H24N4O2Si. The van der Waals surface area contributed by atoms with E-state index in [1.165, 1.54) is 0 Å². The number of nitrogens with zero attached hydrogens (tertiary/aromatic N) is 2. The normalized spacial score (nSPS) is 12.5. The first kappa shape index (κ1) is 15.9. The summed E-state index contributed by atoms with van der Waals surface area (Å²) in [5.41, 5.74) is 2.11. The van der Waals surface area contributed by atoms with Gasteiger partial charge in [-0.05, 0) is 18.1 Å². The first-order chi connectivity index (χ1) is 8.67. The molecule has 6 nitrogen and oxygen atoms in total. The highest BCUT2D eigenvalue weighted by atomic mass is 28.4. The molecular weight excluding hydrogens is 260 g/mol. The van der Waals surface area contributed by atoms with Gasteiger partial charge in [-0.25, -0.2) is 10.8 Å². The highest BCUT2D eigenvalue weighted by molar-refractivity contribution is 6.74. The number of carbonyl (C=O) groups excluding carboxylic acids is 1. The summed E-state index contributed by atoms with van der Waals surface area (Å²) >= 11 is 0. The smallest absolute Gasteiger partial charge is 0.253 e. The fourth-order valence-corrected chi connectivity index (χ4v) is 2.21. The zero-order valence-electron chi connectivity index (χ0n) is 12.4. The fourth-order valence-electron chi connectivity index (χ4n) is 1.29. The molecule has 0 saturated heterocycles. The van der Waals surface area contributed by atoms with Crippen molar-refractivity contribution in [2.75, 3.05) is 0 Å². The molecule has 0 aliphatic heterocycles. The van der Waals surface area contributed by atoms with Crippen molar-refractivity contribution in [3.63, 3.8) is 0 Å². The molecule has 7 heteroatoms. The van der Waals surface area contributed by atoms with Gasteiger partial charge >= 0.3 is 0 Å². The van der Waals surface area contributed by atoms with Crippen LogP contribution < -0.4 is 11.3 Å². The summed E-state index contributed by atoms with van der Waals surface area (Å²) in [5.74, 6) is 5.57. The van der Waals surface area contributed by atoms with Crippen LogP contribution in [0, 0.1) is 0 Å². The van der Waals surface area contributed by atoms with E-state index in [1.54, 1.807) is 17.0 Å². The Morgan fingerprint density at radius 2 is 2.16 bits per heavy atom. The Bertz CT molecular complexity index is 437. The van der Waals surface area contributed by atoms with Crippen LogP contribution in [0.4, 0.5) is 0 Å². The highest BCUT2D eigenvalue weighted by Crippen LogP contribution is 2.36. The van der Waals surface area contributed by atoms with Gasteiger partial charge < -0.3 is 8.99 Å². The second kappa shape index (κ2) is 5.85. The van der Waals surface area contributed by atoms with Gasteiger partial charge in [-0.2, -0.15) is 0 Å². The van der Waals surface area contributed by atoms with E-state index in [4.69, 9.17) is 10.3 Å². The van der Waals surface area contributed by atoms with Gasteiger partial charge in [0.25, 0.3) is 5.91 Å². The monoisotopic (exact) mass is 284 g/mol. The Kier molecular flexibility index (Phi) is 4.89. The Balaban J connectivity index is 2.69. The summed E-state index contributed by atoms with van der Waals surface area (Å²) in [6, 6.07) is 0. The van der Waals surface area contributed by atoms with Gasteiger partial charge in [-0.15, -0.1) is 0 Å². The number of amides is 1. The molecule has 0 aliphatic rings. The average Bonchev–Trinajstić information content (AvgIpc) is 2.72. The summed E-state index contributed by atoms with van der Waals surface area (Å²) in [5, 5.41) is 0.152. The van der Waals surface area contributed by atoms with Crippen molar-refractivity contribution in [2.24, 2.45) is 5.84 Å². The van der Waals surface area contributed by atoms with Crippen molar-refractivity contribution in [2.45, 2.75) is 52.1 Å². The van der Waals surface area contributed by atoms with E-state index < -0.39 is 8.32 Å². The third-order valence-electron chi connectivity index (χ3n) is 3.64. The van der Waals surface area contributed by atoms with Gasteiger partial charge in [0, 0.05) is 12.4 Å². The van der Waals surface area contributed by atoms with Crippen molar-refractivity contribution in [3.05, 3.63) is 18.2 Å². The van der Waals surface area contributed by atoms with E-state index >= 15 is 0 Å². The lowest BCUT2D eigenvalue weighted by molar-refractivity contribution is -0.121. The third kappa shape index (κ3) is 4.15. The molecule has 1 rings (SSSR count). The molecule has 1 aromatic heterocycles. The molecule has 0 spiro atoms. The summed E-state index contributed by atoms with van der Waals surface area (Å²) in [4.78, 5) is 15.5. The molecule has 0 aromatic carbocycles. The summed E-state index contributed by atoms with van der Waals surface area (Å²) in [6.07, 6.45) is 3.41. The van der Waals surface area contributed by atoms with E-state index in [9.17, 15) is 4.79 Å². The van der Waals surface area contributed by atoms with Gasteiger partial charge in [-0.1, -0.05) is 20.8 Å². The van der Waals surface area contributed by atoms with Crippen LogP contribution in [0.2, 0.25) is 18.1 Å². The second-order valence-electron chi connectivity index (χ2n) is 6.09. The largest absolute Gasteiger partial charge is 0.409 e. The van der Waals surface area contributed by atoms with Crippen LogP contribution in [-0.4, -0.2) is 23.8 Å². The minimum absolute atomic E-state index is 0.152. The van der Waals surface area contributed by atoms with Gasteiger partial charge in [-0.3, -0.25) is 10.2 Å². The van der Waals surface area contributed by atoms with Gasteiger partial charge in [0.1, 0.15) is 12.4 Å². The average molecular weight is 284 g/mol. The summed E-state index contributed by atoms with van der Waals surface area (Å²) < 4.78 is 7.83. The molecule has 0 bridgehead atoms. The number of hydrogen-bond donors (Lipinski definition) is 2. The molecule has 0 atom stereocenters. The molecule has 1 aromatic rings. The van der Waals surface area contributed by atoms with Crippen molar-refractivity contribution in [3.8, 4) is 0 Å². The SMILES string of the molecule is CC(C)(C)[Si](C)(C)OCc1nccn1CC(=O)NN. The summed E-state index contributed by atoms with van der Waals surface area (Å²) in [6.45, 7) is 11.5. The molecule has 3 N–H and O–H groups in total. The van der Waals surface area contributed by atoms with E-state index in [-0.39, 0.29) is 17.5 Å². The van der Waals surface area contributed by atoms with E-state index in [0.717, 1.165) is 5.82 Å². The molecule has 1 amide bonds.